The van der Waals surface area contributed by atoms with Crippen LogP contribution in [-0.4, -0.2) is 26.2 Å². The number of hydrogen-bond donors (Lipinski definition) is 2. The number of ether oxygens (including phenoxy) is 1. The second kappa shape index (κ2) is 7.68. The number of hydrogen-bond acceptors (Lipinski definition) is 2. The Labute approximate surface area is 137 Å². The lowest BCUT2D eigenvalue weighted by molar-refractivity contribution is 0.357. The van der Waals surface area contributed by atoms with Crippen molar-refractivity contribution < 1.29 is 4.74 Å². The van der Waals surface area contributed by atoms with E-state index in [1.807, 2.05) is 18.2 Å². The Morgan fingerprint density at radius 2 is 1.96 bits per heavy atom. The highest BCUT2D eigenvalue weighted by Gasteiger charge is 2.11. The van der Waals surface area contributed by atoms with E-state index >= 15 is 0 Å². The first-order valence-corrected chi connectivity index (χ1v) is 8.08. The predicted octanol–water partition coefficient (Wildman–Crippen LogP) is 2.53. The van der Waals surface area contributed by atoms with Gasteiger partial charge in [0.05, 0.1) is 6.61 Å². The molecule has 2 aromatic carbocycles. The lowest BCUT2D eigenvalue weighted by Crippen LogP contribution is -2.37. The van der Waals surface area contributed by atoms with Crippen LogP contribution in [-0.2, 0) is 19.4 Å². The molecule has 120 valence electrons. The van der Waals surface area contributed by atoms with Crippen LogP contribution in [0.5, 0.6) is 5.75 Å². The summed E-state index contributed by atoms with van der Waals surface area (Å²) in [4.78, 5) is 4.27. The van der Waals surface area contributed by atoms with Crippen molar-refractivity contribution in [3.63, 3.8) is 0 Å². The molecule has 0 aliphatic carbocycles. The van der Waals surface area contributed by atoms with Gasteiger partial charge in [0.2, 0.25) is 0 Å². The minimum absolute atomic E-state index is 0.775. The number of fused-ring (bicyclic) bond motifs is 1. The zero-order valence-electron chi connectivity index (χ0n) is 13.5. The number of aliphatic imine (C=N–C) groups is 1. The summed E-state index contributed by atoms with van der Waals surface area (Å²) >= 11 is 0. The summed E-state index contributed by atoms with van der Waals surface area (Å²) in [7, 11) is 1.80. The topological polar surface area (TPSA) is 45.7 Å². The zero-order chi connectivity index (χ0) is 15.9. The van der Waals surface area contributed by atoms with Crippen molar-refractivity contribution in [3.8, 4) is 5.75 Å². The summed E-state index contributed by atoms with van der Waals surface area (Å²) in [5, 5.41) is 6.70. The van der Waals surface area contributed by atoms with E-state index in [0.717, 1.165) is 44.2 Å². The van der Waals surface area contributed by atoms with Crippen LogP contribution in [0.25, 0.3) is 0 Å². The molecule has 0 saturated carbocycles. The quantitative estimate of drug-likeness (QED) is 0.659. The molecule has 4 heteroatoms. The normalized spacial score (nSPS) is 13.3. The molecule has 0 saturated heterocycles. The lowest BCUT2D eigenvalue weighted by atomic mass is 10.1. The standard InChI is InChI=1S/C19H23N3O/c1-20-19(22-14-16-5-3-2-4-6-16)21-11-9-15-7-8-18-17(13-15)10-12-23-18/h2-8,13H,9-12,14H2,1H3,(H2,20,21,22). The maximum Gasteiger partial charge on any atom is 0.191 e. The fraction of sp³-hybridized carbons (Fsp3) is 0.316. The van der Waals surface area contributed by atoms with Crippen LogP contribution >= 0.6 is 0 Å². The van der Waals surface area contributed by atoms with Crippen LogP contribution < -0.4 is 15.4 Å². The molecule has 0 bridgehead atoms. The summed E-state index contributed by atoms with van der Waals surface area (Å²) in [6.07, 6.45) is 2.00. The first-order chi connectivity index (χ1) is 11.3. The van der Waals surface area contributed by atoms with Crippen molar-refractivity contribution in [2.24, 2.45) is 4.99 Å². The van der Waals surface area contributed by atoms with Crippen LogP contribution in [0, 0.1) is 0 Å². The first kappa shape index (κ1) is 15.4. The van der Waals surface area contributed by atoms with Gasteiger partial charge in [0.1, 0.15) is 5.75 Å². The largest absolute Gasteiger partial charge is 0.493 e. The third kappa shape index (κ3) is 4.25. The second-order valence-corrected chi connectivity index (χ2v) is 5.63. The number of nitrogens with one attached hydrogen (secondary N) is 2. The lowest BCUT2D eigenvalue weighted by Gasteiger charge is -2.12. The second-order valence-electron chi connectivity index (χ2n) is 5.63. The average molecular weight is 309 g/mol. The van der Waals surface area contributed by atoms with Crippen LogP contribution in [0.2, 0.25) is 0 Å². The van der Waals surface area contributed by atoms with Crippen molar-refractivity contribution in [3.05, 3.63) is 65.2 Å². The van der Waals surface area contributed by atoms with Crippen molar-refractivity contribution in [1.29, 1.82) is 0 Å². The van der Waals surface area contributed by atoms with Crippen molar-refractivity contribution in [1.82, 2.24) is 10.6 Å². The molecular weight excluding hydrogens is 286 g/mol. The van der Waals surface area contributed by atoms with Gasteiger partial charge < -0.3 is 15.4 Å². The van der Waals surface area contributed by atoms with Gasteiger partial charge in [0.15, 0.2) is 5.96 Å². The van der Waals surface area contributed by atoms with E-state index < -0.39 is 0 Å². The van der Waals surface area contributed by atoms with E-state index in [2.05, 4.69) is 46.0 Å². The van der Waals surface area contributed by atoms with Crippen LogP contribution in [0.3, 0.4) is 0 Å². The number of guanidine groups is 1. The van der Waals surface area contributed by atoms with Crippen molar-refractivity contribution in [2.75, 3.05) is 20.2 Å². The molecule has 1 heterocycles. The van der Waals surface area contributed by atoms with Gasteiger partial charge >= 0.3 is 0 Å². The molecule has 0 atom stereocenters. The maximum absolute atomic E-state index is 5.54. The molecule has 23 heavy (non-hydrogen) atoms. The Morgan fingerprint density at radius 3 is 2.78 bits per heavy atom. The van der Waals surface area contributed by atoms with Gasteiger partial charge in [-0.15, -0.1) is 0 Å². The van der Waals surface area contributed by atoms with E-state index in [9.17, 15) is 0 Å². The first-order valence-electron chi connectivity index (χ1n) is 8.08. The Balaban J connectivity index is 1.45. The summed E-state index contributed by atoms with van der Waals surface area (Å²) in [6.45, 7) is 2.44. The highest BCUT2D eigenvalue weighted by atomic mass is 16.5. The minimum atomic E-state index is 0.775. The summed E-state index contributed by atoms with van der Waals surface area (Å²) in [5.74, 6) is 1.88. The van der Waals surface area contributed by atoms with Gasteiger partial charge in [0, 0.05) is 26.6 Å². The summed E-state index contributed by atoms with van der Waals surface area (Å²) < 4.78 is 5.54. The number of rotatable bonds is 5. The van der Waals surface area contributed by atoms with Gasteiger partial charge in [-0.25, -0.2) is 0 Å². The van der Waals surface area contributed by atoms with E-state index in [4.69, 9.17) is 4.74 Å². The molecule has 2 aromatic rings. The van der Waals surface area contributed by atoms with Crippen LogP contribution in [0.1, 0.15) is 16.7 Å². The average Bonchev–Trinajstić information content (AvgIpc) is 3.06. The molecule has 0 spiro atoms. The molecule has 0 radical (unpaired) electrons. The van der Waals surface area contributed by atoms with E-state index in [1.54, 1.807) is 7.05 Å². The SMILES string of the molecule is CN=C(NCCc1ccc2c(c1)CCO2)NCc1ccccc1. The zero-order valence-corrected chi connectivity index (χ0v) is 13.5. The van der Waals surface area contributed by atoms with Gasteiger partial charge in [-0.3, -0.25) is 4.99 Å². The van der Waals surface area contributed by atoms with Crippen LogP contribution in [0.4, 0.5) is 0 Å². The third-order valence-electron chi connectivity index (χ3n) is 3.99. The van der Waals surface area contributed by atoms with Crippen LogP contribution in [0.15, 0.2) is 53.5 Å². The Hall–Kier alpha value is -2.49. The Morgan fingerprint density at radius 1 is 1.09 bits per heavy atom. The van der Waals surface area contributed by atoms with Gasteiger partial charge in [-0.1, -0.05) is 42.5 Å². The molecule has 0 unspecified atom stereocenters. The minimum Gasteiger partial charge on any atom is -0.493 e. The Kier molecular flexibility index (Phi) is 5.14. The molecule has 2 N–H and O–H groups in total. The third-order valence-corrected chi connectivity index (χ3v) is 3.99. The summed E-state index contributed by atoms with van der Waals surface area (Å²) in [5.41, 5.74) is 3.91. The maximum atomic E-state index is 5.54. The van der Waals surface area contributed by atoms with E-state index in [0.29, 0.717) is 0 Å². The smallest absolute Gasteiger partial charge is 0.191 e. The summed E-state index contributed by atoms with van der Waals surface area (Å²) in [6, 6.07) is 16.8. The highest BCUT2D eigenvalue weighted by Crippen LogP contribution is 2.25. The molecular formula is C19H23N3O. The van der Waals surface area contributed by atoms with Gasteiger partial charge in [-0.2, -0.15) is 0 Å². The molecule has 0 aromatic heterocycles. The predicted molar refractivity (Wildman–Crippen MR) is 94.0 cm³/mol. The van der Waals surface area contributed by atoms with E-state index in [-0.39, 0.29) is 0 Å². The number of benzene rings is 2. The van der Waals surface area contributed by atoms with Gasteiger partial charge in [0.25, 0.3) is 0 Å². The fourth-order valence-electron chi connectivity index (χ4n) is 2.72. The van der Waals surface area contributed by atoms with Gasteiger partial charge in [-0.05, 0) is 29.2 Å². The highest BCUT2D eigenvalue weighted by molar-refractivity contribution is 5.79. The molecule has 1 aliphatic heterocycles. The Bertz CT molecular complexity index is 668. The molecule has 0 fully saturated rings. The molecule has 4 nitrogen and oxygen atoms in total. The fourth-order valence-corrected chi connectivity index (χ4v) is 2.72. The molecule has 3 rings (SSSR count). The molecule has 0 amide bonds. The van der Waals surface area contributed by atoms with Crippen molar-refractivity contribution in [2.45, 2.75) is 19.4 Å². The number of nitrogens with zero attached hydrogens (tertiary/aromatic N) is 1. The monoisotopic (exact) mass is 309 g/mol. The van der Waals surface area contributed by atoms with E-state index in [1.165, 1.54) is 16.7 Å². The molecule has 1 aliphatic rings. The van der Waals surface area contributed by atoms with Crippen molar-refractivity contribution >= 4 is 5.96 Å².